The van der Waals surface area contributed by atoms with Gasteiger partial charge in [0.25, 0.3) is 0 Å². The molecule has 0 bridgehead atoms. The highest BCUT2D eigenvalue weighted by Gasteiger charge is 2.21. The van der Waals surface area contributed by atoms with E-state index < -0.39 is 0 Å². The fourth-order valence-corrected chi connectivity index (χ4v) is 3.12. The molecule has 3 aromatic rings. The molecular formula is C23H19NO2. The van der Waals surface area contributed by atoms with E-state index in [1.54, 1.807) is 25.1 Å². The summed E-state index contributed by atoms with van der Waals surface area (Å²) in [5.41, 5.74) is 2.80. The predicted molar refractivity (Wildman–Crippen MR) is 106 cm³/mol. The van der Waals surface area contributed by atoms with E-state index in [-0.39, 0.29) is 5.91 Å². The number of amides is 1. The number of likely N-dealkylation sites (N-methyl/N-ethyl adjacent to an activating group) is 1. The lowest BCUT2D eigenvalue weighted by Crippen LogP contribution is -2.19. The molecule has 0 aliphatic carbocycles. The zero-order valence-electron chi connectivity index (χ0n) is 14.8. The third kappa shape index (κ3) is 2.88. The second-order valence-electron chi connectivity index (χ2n) is 6.47. The minimum atomic E-state index is -0.0514. The maximum Gasteiger partial charge on any atom is 0.246 e. The van der Waals surface area contributed by atoms with Gasteiger partial charge in [-0.3, -0.25) is 4.79 Å². The number of fused-ring (bicyclic) bond motifs is 3. The molecule has 0 N–H and O–H groups in total. The molecule has 0 atom stereocenters. The Morgan fingerprint density at radius 2 is 1.65 bits per heavy atom. The van der Waals surface area contributed by atoms with Crippen molar-refractivity contribution in [2.24, 2.45) is 0 Å². The Balaban J connectivity index is 1.94. The van der Waals surface area contributed by atoms with Crippen LogP contribution in [0, 0.1) is 0 Å². The number of allylic oxidation sites excluding steroid dienone is 2. The summed E-state index contributed by atoms with van der Waals surface area (Å²) in [6.07, 6.45) is 3.63. The topological polar surface area (TPSA) is 29.5 Å². The largest absolute Gasteiger partial charge is 0.456 e. The first-order valence-corrected chi connectivity index (χ1v) is 8.53. The summed E-state index contributed by atoms with van der Waals surface area (Å²) in [6, 6.07) is 22.1. The highest BCUT2D eigenvalue weighted by atomic mass is 16.5. The van der Waals surface area contributed by atoms with Crippen LogP contribution in [-0.2, 0) is 4.79 Å². The lowest BCUT2D eigenvalue weighted by molar-refractivity contribution is -0.123. The lowest BCUT2D eigenvalue weighted by atomic mass is 9.93. The van der Waals surface area contributed by atoms with Gasteiger partial charge in [0.1, 0.15) is 11.5 Å². The molecule has 26 heavy (non-hydrogen) atoms. The summed E-state index contributed by atoms with van der Waals surface area (Å²) < 4.78 is 6.19. The molecule has 0 saturated carbocycles. The first-order chi connectivity index (χ1) is 12.6. The molecule has 1 aliphatic heterocycles. The van der Waals surface area contributed by atoms with Gasteiger partial charge in [-0.1, -0.05) is 60.7 Å². The number of carbonyl (C=O) groups is 1. The summed E-state index contributed by atoms with van der Waals surface area (Å²) in [7, 11) is 3.51. The van der Waals surface area contributed by atoms with Gasteiger partial charge in [-0.15, -0.1) is 0 Å². The van der Waals surface area contributed by atoms with Gasteiger partial charge in [-0.2, -0.15) is 0 Å². The van der Waals surface area contributed by atoms with Crippen molar-refractivity contribution in [1.29, 1.82) is 0 Å². The SMILES string of the molecule is CN(C)C(=O)/C=C1\C=C(c2ccccc2)Oc2ccc3ccccc3c21. The van der Waals surface area contributed by atoms with E-state index >= 15 is 0 Å². The maximum atomic E-state index is 12.4. The molecule has 1 aliphatic rings. The summed E-state index contributed by atoms with van der Waals surface area (Å²) in [5.74, 6) is 1.46. The number of nitrogens with zero attached hydrogens (tertiary/aromatic N) is 1. The van der Waals surface area contributed by atoms with Crippen LogP contribution in [0.4, 0.5) is 0 Å². The lowest BCUT2D eigenvalue weighted by Gasteiger charge is -2.22. The van der Waals surface area contributed by atoms with Gasteiger partial charge in [-0.25, -0.2) is 0 Å². The first-order valence-electron chi connectivity index (χ1n) is 8.53. The van der Waals surface area contributed by atoms with Gasteiger partial charge in [0, 0.05) is 31.3 Å². The second-order valence-corrected chi connectivity index (χ2v) is 6.47. The molecule has 0 aromatic heterocycles. The molecule has 4 rings (SSSR count). The van der Waals surface area contributed by atoms with Gasteiger partial charge < -0.3 is 9.64 Å². The predicted octanol–water partition coefficient (Wildman–Crippen LogP) is 4.74. The highest BCUT2D eigenvalue weighted by molar-refractivity contribution is 6.07. The molecule has 0 fully saturated rings. The van der Waals surface area contributed by atoms with Gasteiger partial charge in [-0.05, 0) is 28.5 Å². The molecule has 1 amide bonds. The van der Waals surface area contributed by atoms with Crippen molar-refractivity contribution in [2.75, 3.05) is 14.1 Å². The van der Waals surface area contributed by atoms with E-state index in [4.69, 9.17) is 4.74 Å². The average Bonchev–Trinajstić information content (AvgIpc) is 2.68. The Labute approximate surface area is 152 Å². The van der Waals surface area contributed by atoms with E-state index in [1.807, 2.05) is 60.7 Å². The van der Waals surface area contributed by atoms with Crippen LogP contribution in [0.25, 0.3) is 22.1 Å². The average molecular weight is 341 g/mol. The highest BCUT2D eigenvalue weighted by Crippen LogP contribution is 2.41. The van der Waals surface area contributed by atoms with Crippen molar-refractivity contribution in [3.05, 3.63) is 90.0 Å². The van der Waals surface area contributed by atoms with Crippen molar-refractivity contribution in [3.63, 3.8) is 0 Å². The summed E-state index contributed by atoms with van der Waals surface area (Å²) >= 11 is 0. The molecule has 3 nitrogen and oxygen atoms in total. The zero-order valence-corrected chi connectivity index (χ0v) is 14.8. The van der Waals surface area contributed by atoms with E-state index in [1.165, 1.54) is 0 Å². The standard InChI is InChI=1S/C23H19NO2/c1-24(2)22(25)15-18-14-21(17-9-4-3-5-10-17)26-20-13-12-16-8-6-7-11-19(16)23(18)20/h3-15H,1-2H3/b18-15+. The minimum Gasteiger partial charge on any atom is -0.456 e. The van der Waals surface area contributed by atoms with Gasteiger partial charge >= 0.3 is 0 Å². The van der Waals surface area contributed by atoms with Crippen LogP contribution in [0.5, 0.6) is 5.75 Å². The van der Waals surface area contributed by atoms with E-state index in [2.05, 4.69) is 12.1 Å². The van der Waals surface area contributed by atoms with Gasteiger partial charge in [0.05, 0.1) is 0 Å². The number of hydrogen-bond donors (Lipinski definition) is 0. The Kier molecular flexibility index (Phi) is 4.05. The number of rotatable bonds is 2. The molecular weight excluding hydrogens is 322 g/mol. The fourth-order valence-electron chi connectivity index (χ4n) is 3.12. The smallest absolute Gasteiger partial charge is 0.246 e. The molecule has 1 heterocycles. The summed E-state index contributed by atoms with van der Waals surface area (Å²) in [5, 5.41) is 2.20. The Morgan fingerprint density at radius 3 is 2.42 bits per heavy atom. The number of ether oxygens (including phenoxy) is 1. The van der Waals surface area contributed by atoms with Gasteiger partial charge in [0.2, 0.25) is 5.91 Å². The number of carbonyl (C=O) groups excluding carboxylic acids is 1. The van der Waals surface area contributed by atoms with Crippen molar-refractivity contribution in [3.8, 4) is 5.75 Å². The Bertz CT molecular complexity index is 1050. The summed E-state index contributed by atoms with van der Waals surface area (Å²) in [6.45, 7) is 0. The third-order valence-corrected chi connectivity index (χ3v) is 4.46. The molecule has 0 unspecified atom stereocenters. The van der Waals surface area contributed by atoms with E-state index in [9.17, 15) is 4.79 Å². The second kappa shape index (κ2) is 6.52. The van der Waals surface area contributed by atoms with Crippen LogP contribution >= 0.6 is 0 Å². The minimum absolute atomic E-state index is 0.0514. The first kappa shape index (κ1) is 16.2. The number of benzene rings is 3. The van der Waals surface area contributed by atoms with Crippen molar-refractivity contribution >= 4 is 28.0 Å². The monoisotopic (exact) mass is 341 g/mol. The Hall–Kier alpha value is -3.33. The molecule has 3 aromatic carbocycles. The summed E-state index contributed by atoms with van der Waals surface area (Å²) in [4.78, 5) is 14.0. The van der Waals surface area contributed by atoms with Crippen molar-refractivity contribution in [1.82, 2.24) is 4.90 Å². The maximum absolute atomic E-state index is 12.4. The van der Waals surface area contributed by atoms with Crippen LogP contribution in [0.2, 0.25) is 0 Å². The molecule has 3 heteroatoms. The number of hydrogen-bond acceptors (Lipinski definition) is 2. The van der Waals surface area contributed by atoms with Crippen molar-refractivity contribution < 1.29 is 9.53 Å². The Morgan fingerprint density at radius 1 is 0.923 bits per heavy atom. The normalized spacial score (nSPS) is 14.5. The fraction of sp³-hybridized carbons (Fsp3) is 0.0870. The van der Waals surface area contributed by atoms with Crippen LogP contribution in [0.1, 0.15) is 11.1 Å². The van der Waals surface area contributed by atoms with Crippen LogP contribution in [0.3, 0.4) is 0 Å². The zero-order chi connectivity index (χ0) is 18.1. The quantitative estimate of drug-likeness (QED) is 0.630. The van der Waals surface area contributed by atoms with E-state index in [0.29, 0.717) is 0 Å². The van der Waals surface area contributed by atoms with Crippen LogP contribution in [-0.4, -0.2) is 24.9 Å². The van der Waals surface area contributed by atoms with Gasteiger partial charge in [0.15, 0.2) is 0 Å². The van der Waals surface area contributed by atoms with Crippen LogP contribution < -0.4 is 4.74 Å². The molecule has 128 valence electrons. The van der Waals surface area contributed by atoms with E-state index in [0.717, 1.165) is 39.0 Å². The van der Waals surface area contributed by atoms with Crippen molar-refractivity contribution in [2.45, 2.75) is 0 Å². The molecule has 0 radical (unpaired) electrons. The third-order valence-electron chi connectivity index (χ3n) is 4.46. The molecule has 0 spiro atoms. The van der Waals surface area contributed by atoms with Crippen LogP contribution in [0.15, 0.2) is 78.9 Å². The molecule has 0 saturated heterocycles.